The van der Waals surface area contributed by atoms with Gasteiger partial charge in [-0.2, -0.15) is 0 Å². The van der Waals surface area contributed by atoms with Gasteiger partial charge in [-0.25, -0.2) is 0 Å². The quantitative estimate of drug-likeness (QED) is 0.0987. The van der Waals surface area contributed by atoms with Crippen LogP contribution in [0.2, 0.25) is 0 Å². The van der Waals surface area contributed by atoms with Crippen molar-refractivity contribution < 1.29 is 9.59 Å². The van der Waals surface area contributed by atoms with Crippen molar-refractivity contribution >= 4 is 11.8 Å². The molecular formula is C32H64N2O2. The van der Waals surface area contributed by atoms with Crippen LogP contribution in [0.4, 0.5) is 0 Å². The number of unbranched alkanes of at least 4 members (excludes halogenated alkanes) is 23. The van der Waals surface area contributed by atoms with Gasteiger partial charge in [-0.3, -0.25) is 9.59 Å². The zero-order valence-corrected chi connectivity index (χ0v) is 24.6. The maximum absolute atomic E-state index is 12.3. The van der Waals surface area contributed by atoms with Gasteiger partial charge in [0.25, 0.3) is 0 Å². The number of carbonyl (C=O) groups is 2. The normalized spacial score (nSPS) is 12.1. The molecule has 0 aliphatic rings. The van der Waals surface area contributed by atoms with Crippen molar-refractivity contribution in [3.63, 3.8) is 0 Å². The molecule has 0 saturated carbocycles. The van der Waals surface area contributed by atoms with E-state index in [-0.39, 0.29) is 5.91 Å². The third-order valence-corrected chi connectivity index (χ3v) is 7.53. The summed E-state index contributed by atoms with van der Waals surface area (Å²) < 4.78 is 0. The van der Waals surface area contributed by atoms with Crippen LogP contribution >= 0.6 is 0 Å². The Balaban J connectivity index is 3.56. The molecule has 0 rings (SSSR count). The standard InChI is InChI=1S/C32H64N2O2/c1-3-5-7-9-11-13-15-17-19-21-23-25-27-29-31(35)34-30(32(33)36)28-26-24-22-20-18-16-14-12-10-8-6-4-2/h30H,3-29H2,1-2H3,(H2,33,36)(H,34,35). The van der Waals surface area contributed by atoms with Crippen LogP contribution in [0.1, 0.15) is 187 Å². The number of amides is 2. The number of nitrogens with two attached hydrogens (primary N) is 1. The average Bonchev–Trinajstić information content (AvgIpc) is 2.86. The molecule has 0 spiro atoms. The molecule has 0 aromatic carbocycles. The monoisotopic (exact) mass is 508 g/mol. The first-order valence-electron chi connectivity index (χ1n) is 16.2. The Morgan fingerprint density at radius 2 is 0.806 bits per heavy atom. The molecule has 0 aliphatic carbocycles. The molecule has 0 saturated heterocycles. The van der Waals surface area contributed by atoms with E-state index in [2.05, 4.69) is 19.2 Å². The maximum atomic E-state index is 12.3. The highest BCUT2D eigenvalue weighted by Gasteiger charge is 2.17. The zero-order chi connectivity index (χ0) is 26.5. The summed E-state index contributed by atoms with van der Waals surface area (Å²) in [4.78, 5) is 24.0. The van der Waals surface area contributed by atoms with Crippen LogP contribution < -0.4 is 11.1 Å². The molecule has 0 bridgehead atoms. The van der Waals surface area contributed by atoms with Crippen molar-refractivity contribution in [2.45, 2.75) is 193 Å². The predicted molar refractivity (Wildman–Crippen MR) is 157 cm³/mol. The lowest BCUT2D eigenvalue weighted by Crippen LogP contribution is -2.44. The van der Waals surface area contributed by atoms with Crippen LogP contribution in [0.3, 0.4) is 0 Å². The molecule has 3 N–H and O–H groups in total. The Kier molecular flexibility index (Phi) is 27.7. The minimum atomic E-state index is -0.498. The molecule has 1 unspecified atom stereocenters. The summed E-state index contributed by atoms with van der Waals surface area (Å²) >= 11 is 0. The Morgan fingerprint density at radius 1 is 0.500 bits per heavy atom. The molecule has 4 nitrogen and oxygen atoms in total. The summed E-state index contributed by atoms with van der Waals surface area (Å²) in [5.41, 5.74) is 5.55. The lowest BCUT2D eigenvalue weighted by atomic mass is 10.0. The Labute approximate surface area is 225 Å². The third-order valence-electron chi connectivity index (χ3n) is 7.53. The summed E-state index contributed by atoms with van der Waals surface area (Å²) in [7, 11) is 0. The van der Waals surface area contributed by atoms with Gasteiger partial charge in [-0.15, -0.1) is 0 Å². The van der Waals surface area contributed by atoms with E-state index in [9.17, 15) is 9.59 Å². The lowest BCUT2D eigenvalue weighted by molar-refractivity contribution is -0.127. The van der Waals surface area contributed by atoms with Crippen molar-refractivity contribution in [3.8, 4) is 0 Å². The van der Waals surface area contributed by atoms with E-state index in [0.717, 1.165) is 25.7 Å². The average molecular weight is 509 g/mol. The zero-order valence-electron chi connectivity index (χ0n) is 24.6. The lowest BCUT2D eigenvalue weighted by Gasteiger charge is -2.15. The van der Waals surface area contributed by atoms with Crippen LogP contribution in [0.5, 0.6) is 0 Å². The Morgan fingerprint density at radius 3 is 1.14 bits per heavy atom. The van der Waals surface area contributed by atoms with E-state index in [4.69, 9.17) is 5.73 Å². The molecule has 1 atom stereocenters. The largest absolute Gasteiger partial charge is 0.368 e. The number of nitrogens with one attached hydrogen (secondary N) is 1. The van der Waals surface area contributed by atoms with Crippen molar-refractivity contribution in [2.24, 2.45) is 5.73 Å². The van der Waals surface area contributed by atoms with Crippen LogP contribution in [0.25, 0.3) is 0 Å². The van der Waals surface area contributed by atoms with Gasteiger partial charge in [-0.05, 0) is 12.8 Å². The molecule has 2 amide bonds. The van der Waals surface area contributed by atoms with Gasteiger partial charge in [-0.1, -0.05) is 168 Å². The van der Waals surface area contributed by atoms with E-state index >= 15 is 0 Å². The highest BCUT2D eigenvalue weighted by molar-refractivity contribution is 5.86. The second-order valence-electron chi connectivity index (χ2n) is 11.2. The minimum absolute atomic E-state index is 0.0131. The van der Waals surface area contributed by atoms with E-state index in [0.29, 0.717) is 12.8 Å². The van der Waals surface area contributed by atoms with Gasteiger partial charge in [0, 0.05) is 6.42 Å². The summed E-state index contributed by atoms with van der Waals surface area (Å²) in [5.74, 6) is -0.405. The van der Waals surface area contributed by atoms with Crippen LogP contribution in [0.15, 0.2) is 0 Å². The minimum Gasteiger partial charge on any atom is -0.368 e. The highest BCUT2D eigenvalue weighted by Crippen LogP contribution is 2.14. The third kappa shape index (κ3) is 26.0. The fourth-order valence-corrected chi connectivity index (χ4v) is 5.04. The summed E-state index contributed by atoms with van der Waals surface area (Å²) in [6.45, 7) is 4.53. The van der Waals surface area contributed by atoms with E-state index in [1.807, 2.05) is 0 Å². The molecular weight excluding hydrogens is 444 g/mol. The molecule has 4 heteroatoms. The summed E-state index contributed by atoms with van der Waals surface area (Å²) in [6.07, 6.45) is 33.6. The van der Waals surface area contributed by atoms with Gasteiger partial charge >= 0.3 is 0 Å². The maximum Gasteiger partial charge on any atom is 0.239 e. The summed E-state index contributed by atoms with van der Waals surface area (Å²) in [5, 5.41) is 2.89. The second kappa shape index (κ2) is 28.5. The number of hydrogen-bond acceptors (Lipinski definition) is 2. The van der Waals surface area contributed by atoms with E-state index in [1.54, 1.807) is 0 Å². The molecule has 0 aliphatic heterocycles. The SMILES string of the molecule is CCCCCCCCCCCCCCCC(=O)NC(CCCCCCCCCCCCCC)C(N)=O. The van der Waals surface area contributed by atoms with Gasteiger partial charge in [0.2, 0.25) is 11.8 Å². The molecule has 214 valence electrons. The number of rotatable bonds is 29. The van der Waals surface area contributed by atoms with Gasteiger partial charge < -0.3 is 11.1 Å². The Bertz CT molecular complexity index is 481. The number of carbonyl (C=O) groups excluding carboxylic acids is 2. The summed E-state index contributed by atoms with van der Waals surface area (Å²) in [6, 6.07) is -0.498. The van der Waals surface area contributed by atoms with Crippen LogP contribution in [0, 0.1) is 0 Å². The van der Waals surface area contributed by atoms with Crippen molar-refractivity contribution in [2.75, 3.05) is 0 Å². The number of primary amides is 1. The molecule has 0 aromatic rings. The fourth-order valence-electron chi connectivity index (χ4n) is 5.04. The van der Waals surface area contributed by atoms with E-state index < -0.39 is 11.9 Å². The van der Waals surface area contributed by atoms with Gasteiger partial charge in [0.15, 0.2) is 0 Å². The number of hydrogen-bond donors (Lipinski definition) is 2. The molecule has 0 fully saturated rings. The first-order chi connectivity index (χ1) is 17.6. The van der Waals surface area contributed by atoms with Crippen molar-refractivity contribution in [3.05, 3.63) is 0 Å². The molecule has 36 heavy (non-hydrogen) atoms. The molecule has 0 aromatic heterocycles. The Hall–Kier alpha value is -1.06. The first kappa shape index (κ1) is 34.9. The van der Waals surface area contributed by atoms with Gasteiger partial charge in [0.1, 0.15) is 6.04 Å². The fraction of sp³-hybridized carbons (Fsp3) is 0.938. The van der Waals surface area contributed by atoms with Crippen molar-refractivity contribution in [1.29, 1.82) is 0 Å². The molecule has 0 heterocycles. The predicted octanol–water partition coefficient (Wildman–Crippen LogP) is 9.53. The smallest absolute Gasteiger partial charge is 0.239 e. The van der Waals surface area contributed by atoms with Gasteiger partial charge in [0.05, 0.1) is 0 Å². The second-order valence-corrected chi connectivity index (χ2v) is 11.2. The van der Waals surface area contributed by atoms with E-state index in [1.165, 1.54) is 135 Å². The highest BCUT2D eigenvalue weighted by atomic mass is 16.2. The first-order valence-corrected chi connectivity index (χ1v) is 16.2. The van der Waals surface area contributed by atoms with Crippen LogP contribution in [-0.4, -0.2) is 17.9 Å². The topological polar surface area (TPSA) is 72.2 Å². The van der Waals surface area contributed by atoms with Crippen molar-refractivity contribution in [1.82, 2.24) is 5.32 Å². The molecule has 0 radical (unpaired) electrons. The van der Waals surface area contributed by atoms with Crippen LogP contribution in [-0.2, 0) is 9.59 Å².